The van der Waals surface area contributed by atoms with Crippen LogP contribution in [0.5, 0.6) is 0 Å². The third-order valence-electron chi connectivity index (χ3n) is 3.55. The molecule has 0 aromatic carbocycles. The fourth-order valence-electron chi connectivity index (χ4n) is 2.36. The van der Waals surface area contributed by atoms with Crippen LogP contribution in [0.3, 0.4) is 0 Å². The lowest BCUT2D eigenvalue weighted by molar-refractivity contribution is -0.144. The molecule has 0 aliphatic rings. The van der Waals surface area contributed by atoms with Gasteiger partial charge >= 0.3 is 12.1 Å². The van der Waals surface area contributed by atoms with Gasteiger partial charge in [0.25, 0.3) is 5.91 Å². The van der Waals surface area contributed by atoms with Gasteiger partial charge in [-0.15, -0.1) is 0 Å². The molecule has 1 aromatic heterocycles. The molecule has 140 valence electrons. The van der Waals surface area contributed by atoms with Gasteiger partial charge in [-0.05, 0) is 44.9 Å². The van der Waals surface area contributed by atoms with Crippen molar-refractivity contribution in [2.45, 2.75) is 40.7 Å². The molecule has 26 heavy (non-hydrogen) atoms. The van der Waals surface area contributed by atoms with Crippen molar-refractivity contribution >= 4 is 24.0 Å². The minimum atomic E-state index is -0.938. The van der Waals surface area contributed by atoms with Crippen molar-refractivity contribution in [2.75, 3.05) is 13.2 Å². The number of nitrogens with one attached hydrogen (secondary N) is 1. The maximum atomic E-state index is 12.0. The minimum Gasteiger partial charge on any atom is -0.451 e. The highest BCUT2D eigenvalue weighted by Gasteiger charge is 2.16. The van der Waals surface area contributed by atoms with E-state index in [0.29, 0.717) is 0 Å². The lowest BCUT2D eigenvalue weighted by Crippen LogP contribution is -2.34. The summed E-state index contributed by atoms with van der Waals surface area (Å²) in [6, 6.07) is 3.66. The molecule has 0 aliphatic carbocycles. The van der Waals surface area contributed by atoms with E-state index in [4.69, 9.17) is 4.74 Å². The number of hydrogen-bond acceptors (Lipinski definition) is 6. The van der Waals surface area contributed by atoms with Gasteiger partial charge < -0.3 is 14.0 Å². The fourth-order valence-corrected chi connectivity index (χ4v) is 2.36. The zero-order valence-electron chi connectivity index (χ0n) is 15.4. The van der Waals surface area contributed by atoms with Crippen LogP contribution >= 0.6 is 0 Å². The maximum absolute atomic E-state index is 12.0. The quantitative estimate of drug-likeness (QED) is 0.453. The average molecular weight is 361 g/mol. The van der Waals surface area contributed by atoms with Crippen LogP contribution in [0, 0.1) is 25.2 Å². The Balaban J connectivity index is 2.79. The fraction of sp³-hybridized carbons (Fsp3) is 0.444. The Morgan fingerprint density at radius 1 is 1.27 bits per heavy atom. The second kappa shape index (κ2) is 10.0. The monoisotopic (exact) mass is 361 g/mol. The highest BCUT2D eigenvalue weighted by atomic mass is 16.6. The summed E-state index contributed by atoms with van der Waals surface area (Å²) in [5, 5.41) is 11.1. The molecule has 1 aromatic rings. The van der Waals surface area contributed by atoms with Crippen molar-refractivity contribution in [1.82, 2.24) is 9.88 Å². The van der Waals surface area contributed by atoms with E-state index in [1.807, 2.05) is 25.2 Å². The van der Waals surface area contributed by atoms with E-state index in [0.717, 1.165) is 29.9 Å². The molecule has 8 nitrogen and oxygen atoms in total. The normalized spacial score (nSPS) is 10.8. The summed E-state index contributed by atoms with van der Waals surface area (Å²) in [5.74, 6) is -1.78. The van der Waals surface area contributed by atoms with Gasteiger partial charge in [0.1, 0.15) is 11.6 Å². The van der Waals surface area contributed by atoms with Crippen molar-refractivity contribution in [3.8, 4) is 6.07 Å². The van der Waals surface area contributed by atoms with Crippen LogP contribution in [0.4, 0.5) is 4.79 Å². The number of nitrogens with zero attached hydrogens (tertiary/aromatic N) is 2. The number of amides is 2. The second-order valence-electron chi connectivity index (χ2n) is 5.49. The SMILES string of the molecule is CCCn1c(C)cc(/C=C(\C#N)C(=O)OCC(=O)NC(=O)OCC)c1C. The van der Waals surface area contributed by atoms with E-state index >= 15 is 0 Å². The average Bonchev–Trinajstić information content (AvgIpc) is 2.85. The first-order chi connectivity index (χ1) is 12.3. The molecule has 0 radical (unpaired) electrons. The third kappa shape index (κ3) is 5.77. The molecule has 1 N–H and O–H groups in total. The van der Waals surface area contributed by atoms with E-state index < -0.39 is 24.6 Å². The summed E-state index contributed by atoms with van der Waals surface area (Å²) in [6.07, 6.45) is 1.47. The molecule has 0 spiro atoms. The summed E-state index contributed by atoms with van der Waals surface area (Å²) in [7, 11) is 0. The van der Waals surface area contributed by atoms with Gasteiger partial charge in [0.2, 0.25) is 0 Å². The molecule has 0 fully saturated rings. The molecule has 0 unspecified atom stereocenters. The van der Waals surface area contributed by atoms with E-state index in [1.165, 1.54) is 6.08 Å². The molecule has 2 amide bonds. The van der Waals surface area contributed by atoms with Crippen LogP contribution in [0.1, 0.15) is 37.2 Å². The maximum Gasteiger partial charge on any atom is 0.413 e. The summed E-state index contributed by atoms with van der Waals surface area (Å²) in [4.78, 5) is 34.6. The standard InChI is InChI=1S/C18H23N3O5/c1-5-7-21-12(3)8-14(13(21)4)9-15(10-19)17(23)26-11-16(22)20-18(24)25-6-2/h8-9H,5-7,11H2,1-4H3,(H,20,22,24)/b15-9+. The number of rotatable bonds is 7. The molecule has 1 rings (SSSR count). The number of carbonyl (C=O) groups is 3. The van der Waals surface area contributed by atoms with Crippen LogP contribution in [-0.2, 0) is 25.6 Å². The zero-order chi connectivity index (χ0) is 19.7. The molecular weight excluding hydrogens is 338 g/mol. The predicted molar refractivity (Wildman–Crippen MR) is 93.9 cm³/mol. The van der Waals surface area contributed by atoms with Crippen molar-refractivity contribution in [2.24, 2.45) is 0 Å². The summed E-state index contributed by atoms with van der Waals surface area (Å²) in [6.45, 7) is 7.76. The smallest absolute Gasteiger partial charge is 0.413 e. The Kier molecular flexibility index (Phi) is 8.09. The molecule has 0 saturated carbocycles. The second-order valence-corrected chi connectivity index (χ2v) is 5.49. The first kappa shape index (κ1) is 21.0. The number of carbonyl (C=O) groups excluding carboxylic acids is 3. The Hall–Kier alpha value is -3.08. The Morgan fingerprint density at radius 3 is 2.54 bits per heavy atom. The number of hydrogen-bond donors (Lipinski definition) is 1. The number of aromatic nitrogens is 1. The van der Waals surface area contributed by atoms with Crippen LogP contribution < -0.4 is 5.32 Å². The van der Waals surface area contributed by atoms with Gasteiger partial charge in [0.05, 0.1) is 6.61 Å². The van der Waals surface area contributed by atoms with Gasteiger partial charge in [-0.2, -0.15) is 5.26 Å². The number of alkyl carbamates (subject to hydrolysis) is 1. The summed E-state index contributed by atoms with van der Waals surface area (Å²) < 4.78 is 11.4. The van der Waals surface area contributed by atoms with E-state index in [2.05, 4.69) is 16.2 Å². The lowest BCUT2D eigenvalue weighted by atomic mass is 10.1. The molecular formula is C18H23N3O5. The number of aryl methyl sites for hydroxylation is 1. The minimum absolute atomic E-state index is 0.108. The first-order valence-corrected chi connectivity index (χ1v) is 8.26. The van der Waals surface area contributed by atoms with Crippen LogP contribution in [0.2, 0.25) is 0 Å². The first-order valence-electron chi connectivity index (χ1n) is 8.26. The van der Waals surface area contributed by atoms with E-state index in [9.17, 15) is 19.6 Å². The number of ether oxygens (including phenoxy) is 2. The third-order valence-corrected chi connectivity index (χ3v) is 3.55. The van der Waals surface area contributed by atoms with Gasteiger partial charge in [-0.25, -0.2) is 9.59 Å². The molecule has 0 saturated heterocycles. The number of esters is 1. The zero-order valence-corrected chi connectivity index (χ0v) is 15.4. The van der Waals surface area contributed by atoms with Gasteiger partial charge in [0, 0.05) is 17.9 Å². The number of imide groups is 1. The number of nitriles is 1. The van der Waals surface area contributed by atoms with Crippen molar-refractivity contribution in [1.29, 1.82) is 5.26 Å². The molecule has 1 heterocycles. The van der Waals surface area contributed by atoms with Crippen molar-refractivity contribution in [3.05, 3.63) is 28.6 Å². The lowest BCUT2D eigenvalue weighted by Gasteiger charge is -2.07. The Bertz CT molecular complexity index is 756. The summed E-state index contributed by atoms with van der Waals surface area (Å²) >= 11 is 0. The van der Waals surface area contributed by atoms with E-state index in [1.54, 1.807) is 13.0 Å². The van der Waals surface area contributed by atoms with Gasteiger partial charge in [-0.3, -0.25) is 10.1 Å². The molecule has 0 bridgehead atoms. The van der Waals surface area contributed by atoms with Crippen LogP contribution in [0.25, 0.3) is 6.08 Å². The molecule has 0 atom stereocenters. The van der Waals surface area contributed by atoms with E-state index in [-0.39, 0.29) is 12.2 Å². The topological polar surface area (TPSA) is 110 Å². The predicted octanol–water partition coefficient (Wildman–Crippen LogP) is 2.24. The largest absolute Gasteiger partial charge is 0.451 e. The highest BCUT2D eigenvalue weighted by Crippen LogP contribution is 2.19. The van der Waals surface area contributed by atoms with Crippen LogP contribution in [-0.4, -0.2) is 35.8 Å². The van der Waals surface area contributed by atoms with Gasteiger partial charge in [-0.1, -0.05) is 6.92 Å². The highest BCUT2D eigenvalue weighted by molar-refractivity contribution is 6.00. The summed E-state index contributed by atoms with van der Waals surface area (Å²) in [5.41, 5.74) is 2.46. The molecule has 8 heteroatoms. The Labute approximate surface area is 152 Å². The van der Waals surface area contributed by atoms with Crippen LogP contribution in [0.15, 0.2) is 11.6 Å². The van der Waals surface area contributed by atoms with Crippen molar-refractivity contribution < 1.29 is 23.9 Å². The van der Waals surface area contributed by atoms with Crippen molar-refractivity contribution in [3.63, 3.8) is 0 Å². The Morgan fingerprint density at radius 2 is 1.96 bits per heavy atom. The molecule has 0 aliphatic heterocycles. The van der Waals surface area contributed by atoms with Gasteiger partial charge in [0.15, 0.2) is 6.61 Å².